The molecule has 3 nitrogen and oxygen atoms in total. The van der Waals surface area contributed by atoms with Crippen LogP contribution in [0.5, 0.6) is 0 Å². The number of carboxylic acid groups (broad SMARTS) is 1. The highest BCUT2D eigenvalue weighted by molar-refractivity contribution is 5.62. The second-order valence-electron chi connectivity index (χ2n) is 5.22. The standard InChI is InChI=1S/C17H20O.C2H4O2/c18-17(13-11-15-7-3-1-4-8-15)14-12-16-9-5-2-6-10-16;1-2(3)4/h1-10,17-18H,11-14H2;1H3,(H,3,4). The zero-order valence-electron chi connectivity index (χ0n) is 13.0. The molecule has 118 valence electrons. The molecule has 0 aromatic heterocycles. The summed E-state index contributed by atoms with van der Waals surface area (Å²) in [5.41, 5.74) is 2.60. The van der Waals surface area contributed by atoms with E-state index in [4.69, 9.17) is 9.90 Å². The molecule has 0 radical (unpaired) electrons. The molecule has 2 rings (SSSR count). The van der Waals surface area contributed by atoms with Crippen LogP contribution in [0.2, 0.25) is 0 Å². The highest BCUT2D eigenvalue weighted by Crippen LogP contribution is 2.10. The van der Waals surface area contributed by atoms with Gasteiger partial charge in [0.15, 0.2) is 0 Å². The van der Waals surface area contributed by atoms with Crippen molar-refractivity contribution in [1.29, 1.82) is 0 Å². The maximum Gasteiger partial charge on any atom is 0.300 e. The quantitative estimate of drug-likeness (QED) is 0.855. The van der Waals surface area contributed by atoms with Gasteiger partial charge < -0.3 is 10.2 Å². The summed E-state index contributed by atoms with van der Waals surface area (Å²) in [7, 11) is 0. The minimum Gasteiger partial charge on any atom is -0.481 e. The van der Waals surface area contributed by atoms with Gasteiger partial charge in [-0.2, -0.15) is 0 Å². The number of aliphatic hydroxyl groups excluding tert-OH is 1. The molecule has 0 fully saturated rings. The minimum atomic E-state index is -0.833. The SMILES string of the molecule is CC(=O)O.OC(CCc1ccccc1)CCc1ccccc1. The van der Waals surface area contributed by atoms with Crippen LogP contribution in [0.15, 0.2) is 60.7 Å². The lowest BCUT2D eigenvalue weighted by molar-refractivity contribution is -0.134. The summed E-state index contributed by atoms with van der Waals surface area (Å²) in [6, 6.07) is 20.7. The number of carboxylic acids is 1. The zero-order chi connectivity index (χ0) is 16.2. The monoisotopic (exact) mass is 300 g/mol. The first-order chi connectivity index (χ1) is 10.6. The third-order valence-electron chi connectivity index (χ3n) is 3.22. The molecule has 0 saturated heterocycles. The number of benzene rings is 2. The van der Waals surface area contributed by atoms with Crippen molar-refractivity contribution in [3.05, 3.63) is 71.8 Å². The molecule has 2 aromatic rings. The summed E-state index contributed by atoms with van der Waals surface area (Å²) in [6.07, 6.45) is 3.40. The largest absolute Gasteiger partial charge is 0.481 e. The first-order valence-electron chi connectivity index (χ1n) is 7.53. The van der Waals surface area contributed by atoms with Crippen LogP contribution in [-0.4, -0.2) is 22.3 Å². The fraction of sp³-hybridized carbons (Fsp3) is 0.316. The van der Waals surface area contributed by atoms with E-state index in [1.54, 1.807) is 0 Å². The predicted octanol–water partition coefficient (Wildman–Crippen LogP) is 3.70. The Balaban J connectivity index is 0.000000541. The molecule has 2 N–H and O–H groups in total. The van der Waals surface area contributed by atoms with Crippen LogP contribution in [0.4, 0.5) is 0 Å². The molecular formula is C19H24O3. The van der Waals surface area contributed by atoms with Gasteiger partial charge in [0.25, 0.3) is 5.97 Å². The van der Waals surface area contributed by atoms with Gasteiger partial charge in [-0.05, 0) is 36.8 Å². The lowest BCUT2D eigenvalue weighted by atomic mass is 10.0. The summed E-state index contributed by atoms with van der Waals surface area (Å²) >= 11 is 0. The molecule has 0 heterocycles. The van der Waals surface area contributed by atoms with Gasteiger partial charge in [-0.3, -0.25) is 4.79 Å². The number of aliphatic hydroxyl groups is 1. The number of aryl methyl sites for hydroxylation is 2. The molecule has 22 heavy (non-hydrogen) atoms. The third kappa shape index (κ3) is 8.93. The second-order valence-corrected chi connectivity index (χ2v) is 5.22. The third-order valence-corrected chi connectivity index (χ3v) is 3.22. The molecule has 0 aliphatic carbocycles. The Morgan fingerprint density at radius 2 is 1.18 bits per heavy atom. The molecule has 0 bridgehead atoms. The molecule has 0 saturated carbocycles. The van der Waals surface area contributed by atoms with Gasteiger partial charge in [0.1, 0.15) is 0 Å². The van der Waals surface area contributed by atoms with Crippen LogP contribution in [-0.2, 0) is 17.6 Å². The molecule has 0 spiro atoms. The van der Waals surface area contributed by atoms with Crippen LogP contribution in [0.1, 0.15) is 30.9 Å². The molecular weight excluding hydrogens is 276 g/mol. The maximum absolute atomic E-state index is 9.97. The van der Waals surface area contributed by atoms with Crippen molar-refractivity contribution in [2.24, 2.45) is 0 Å². The smallest absolute Gasteiger partial charge is 0.300 e. The summed E-state index contributed by atoms with van der Waals surface area (Å²) in [5, 5.41) is 17.4. The fourth-order valence-electron chi connectivity index (χ4n) is 2.10. The summed E-state index contributed by atoms with van der Waals surface area (Å²) in [4.78, 5) is 9.00. The van der Waals surface area contributed by atoms with Gasteiger partial charge in [-0.1, -0.05) is 60.7 Å². The number of hydrogen-bond acceptors (Lipinski definition) is 2. The van der Waals surface area contributed by atoms with Gasteiger partial charge in [0.05, 0.1) is 6.10 Å². The van der Waals surface area contributed by atoms with Crippen LogP contribution in [0, 0.1) is 0 Å². The molecule has 0 aliphatic heterocycles. The van der Waals surface area contributed by atoms with Crippen LogP contribution >= 0.6 is 0 Å². The van der Waals surface area contributed by atoms with Gasteiger partial charge in [0.2, 0.25) is 0 Å². The molecule has 0 atom stereocenters. The van der Waals surface area contributed by atoms with E-state index in [0.717, 1.165) is 32.6 Å². The molecule has 0 amide bonds. The Labute approximate surface area is 132 Å². The van der Waals surface area contributed by atoms with Crippen molar-refractivity contribution in [3.8, 4) is 0 Å². The number of rotatable bonds is 6. The van der Waals surface area contributed by atoms with Crippen molar-refractivity contribution in [2.75, 3.05) is 0 Å². The van der Waals surface area contributed by atoms with Crippen molar-refractivity contribution in [3.63, 3.8) is 0 Å². The van der Waals surface area contributed by atoms with Gasteiger partial charge in [-0.25, -0.2) is 0 Å². The topological polar surface area (TPSA) is 57.5 Å². The Bertz CT molecular complexity index is 475. The lowest BCUT2D eigenvalue weighted by Gasteiger charge is -2.10. The predicted molar refractivity (Wildman–Crippen MR) is 88.8 cm³/mol. The summed E-state index contributed by atoms with van der Waals surface area (Å²) in [5.74, 6) is -0.833. The first kappa shape index (κ1) is 17.9. The van der Waals surface area contributed by atoms with E-state index in [2.05, 4.69) is 24.3 Å². The van der Waals surface area contributed by atoms with Gasteiger partial charge in [0, 0.05) is 6.92 Å². The fourth-order valence-corrected chi connectivity index (χ4v) is 2.10. The van der Waals surface area contributed by atoms with E-state index in [-0.39, 0.29) is 6.10 Å². The molecule has 0 aliphatic rings. The van der Waals surface area contributed by atoms with E-state index in [1.807, 2.05) is 36.4 Å². The Kier molecular flexibility index (Phi) is 8.61. The Hall–Kier alpha value is -2.13. The average Bonchev–Trinajstić information content (AvgIpc) is 2.52. The molecule has 2 aromatic carbocycles. The second kappa shape index (κ2) is 10.6. The number of carbonyl (C=O) groups is 1. The van der Waals surface area contributed by atoms with Gasteiger partial charge in [-0.15, -0.1) is 0 Å². The van der Waals surface area contributed by atoms with E-state index in [0.29, 0.717) is 0 Å². The summed E-state index contributed by atoms with van der Waals surface area (Å²) in [6.45, 7) is 1.08. The first-order valence-corrected chi connectivity index (χ1v) is 7.53. The number of aliphatic carboxylic acids is 1. The molecule has 3 heteroatoms. The van der Waals surface area contributed by atoms with E-state index in [9.17, 15) is 5.11 Å². The van der Waals surface area contributed by atoms with E-state index in [1.165, 1.54) is 11.1 Å². The number of hydrogen-bond donors (Lipinski definition) is 2. The normalized spacial score (nSPS) is 9.95. The Morgan fingerprint density at radius 1 is 0.864 bits per heavy atom. The van der Waals surface area contributed by atoms with Crippen LogP contribution in [0.3, 0.4) is 0 Å². The van der Waals surface area contributed by atoms with E-state index < -0.39 is 5.97 Å². The van der Waals surface area contributed by atoms with Crippen LogP contribution in [0.25, 0.3) is 0 Å². The lowest BCUT2D eigenvalue weighted by Crippen LogP contribution is -2.09. The summed E-state index contributed by atoms with van der Waals surface area (Å²) < 4.78 is 0. The van der Waals surface area contributed by atoms with E-state index >= 15 is 0 Å². The van der Waals surface area contributed by atoms with Gasteiger partial charge >= 0.3 is 0 Å². The maximum atomic E-state index is 9.97. The highest BCUT2D eigenvalue weighted by Gasteiger charge is 2.05. The minimum absolute atomic E-state index is 0.203. The van der Waals surface area contributed by atoms with Crippen molar-refractivity contribution < 1.29 is 15.0 Å². The zero-order valence-corrected chi connectivity index (χ0v) is 13.0. The van der Waals surface area contributed by atoms with Crippen molar-refractivity contribution in [2.45, 2.75) is 38.7 Å². The van der Waals surface area contributed by atoms with Crippen LogP contribution < -0.4 is 0 Å². The van der Waals surface area contributed by atoms with Crippen molar-refractivity contribution >= 4 is 5.97 Å². The Morgan fingerprint density at radius 3 is 1.50 bits per heavy atom. The van der Waals surface area contributed by atoms with Crippen molar-refractivity contribution in [1.82, 2.24) is 0 Å². The highest BCUT2D eigenvalue weighted by atomic mass is 16.4. The average molecular weight is 300 g/mol. The molecule has 0 unspecified atom stereocenters.